The van der Waals surface area contributed by atoms with Crippen molar-refractivity contribution in [2.75, 3.05) is 27.2 Å². The zero-order chi connectivity index (χ0) is 20.2. The number of likely N-dealkylation sites (tertiary alicyclic amines) is 1. The highest BCUT2D eigenvalue weighted by atomic mass is 16.5. The summed E-state index contributed by atoms with van der Waals surface area (Å²) in [6.07, 6.45) is 4.77. The zero-order valence-corrected chi connectivity index (χ0v) is 18.4. The summed E-state index contributed by atoms with van der Waals surface area (Å²) in [5, 5.41) is 7.14. The number of rotatable bonds is 6. The van der Waals surface area contributed by atoms with E-state index in [0.29, 0.717) is 18.0 Å². The highest BCUT2D eigenvalue weighted by molar-refractivity contribution is 5.81. The molecule has 1 aliphatic carbocycles. The lowest BCUT2D eigenvalue weighted by molar-refractivity contribution is -0.176. The number of hydrogen-bond donors (Lipinski definition) is 2. The molecule has 0 bridgehead atoms. The Morgan fingerprint density at radius 1 is 1.19 bits per heavy atom. The molecule has 1 saturated carbocycles. The van der Waals surface area contributed by atoms with Gasteiger partial charge in [-0.15, -0.1) is 0 Å². The SMILES string of the molecule is CCC(CC)C(=O)N1CCC(NC(=NC)NC2CC(C)(OC)C2(C)C)CC1. The monoisotopic (exact) mass is 380 g/mol. The maximum Gasteiger partial charge on any atom is 0.225 e. The lowest BCUT2D eigenvalue weighted by Crippen LogP contribution is -2.69. The molecule has 1 amide bonds. The third-order valence-corrected chi connectivity index (χ3v) is 7.30. The smallest absolute Gasteiger partial charge is 0.225 e. The molecule has 156 valence electrons. The first-order valence-corrected chi connectivity index (χ1v) is 10.6. The van der Waals surface area contributed by atoms with Gasteiger partial charge in [-0.3, -0.25) is 9.79 Å². The summed E-state index contributed by atoms with van der Waals surface area (Å²) in [5.41, 5.74) is -0.0468. The van der Waals surface area contributed by atoms with E-state index in [0.717, 1.165) is 51.2 Å². The molecule has 6 heteroatoms. The van der Waals surface area contributed by atoms with Crippen LogP contribution in [0.2, 0.25) is 0 Å². The van der Waals surface area contributed by atoms with Crippen molar-refractivity contribution in [2.45, 2.75) is 84.4 Å². The highest BCUT2D eigenvalue weighted by Gasteiger charge is 2.58. The van der Waals surface area contributed by atoms with Gasteiger partial charge in [0.15, 0.2) is 5.96 Å². The number of nitrogens with zero attached hydrogens (tertiary/aromatic N) is 2. The number of carbonyl (C=O) groups excluding carboxylic acids is 1. The van der Waals surface area contributed by atoms with Gasteiger partial charge in [0.2, 0.25) is 5.91 Å². The fourth-order valence-electron chi connectivity index (χ4n) is 4.39. The summed E-state index contributed by atoms with van der Waals surface area (Å²) in [7, 11) is 3.62. The molecule has 1 saturated heterocycles. The van der Waals surface area contributed by atoms with Gasteiger partial charge in [0.25, 0.3) is 0 Å². The number of nitrogens with one attached hydrogen (secondary N) is 2. The maximum atomic E-state index is 12.6. The Kier molecular flexibility index (Phi) is 7.17. The number of amides is 1. The van der Waals surface area contributed by atoms with Gasteiger partial charge in [0.1, 0.15) is 0 Å². The summed E-state index contributed by atoms with van der Waals surface area (Å²) in [6, 6.07) is 0.698. The van der Waals surface area contributed by atoms with Crippen molar-refractivity contribution in [1.29, 1.82) is 0 Å². The minimum absolute atomic E-state index is 0.0461. The number of aliphatic imine (C=N–C) groups is 1. The summed E-state index contributed by atoms with van der Waals surface area (Å²) in [6.45, 7) is 12.5. The minimum Gasteiger partial charge on any atom is -0.378 e. The molecule has 2 aliphatic rings. The van der Waals surface area contributed by atoms with E-state index in [1.54, 1.807) is 7.11 Å². The molecular weight excluding hydrogens is 340 g/mol. The third kappa shape index (κ3) is 4.41. The molecule has 2 N–H and O–H groups in total. The van der Waals surface area contributed by atoms with Gasteiger partial charge < -0.3 is 20.3 Å². The van der Waals surface area contributed by atoms with Crippen LogP contribution < -0.4 is 10.6 Å². The van der Waals surface area contributed by atoms with E-state index >= 15 is 0 Å². The topological polar surface area (TPSA) is 66.0 Å². The van der Waals surface area contributed by atoms with Gasteiger partial charge in [0.05, 0.1) is 5.60 Å². The number of methoxy groups -OCH3 is 1. The molecule has 0 spiro atoms. The second-order valence-corrected chi connectivity index (χ2v) is 8.89. The van der Waals surface area contributed by atoms with Crippen molar-refractivity contribution >= 4 is 11.9 Å². The molecule has 2 fully saturated rings. The lowest BCUT2D eigenvalue weighted by Gasteiger charge is -2.59. The first-order chi connectivity index (χ1) is 12.7. The van der Waals surface area contributed by atoms with E-state index in [1.165, 1.54) is 0 Å². The van der Waals surface area contributed by atoms with Crippen LogP contribution in [0.15, 0.2) is 4.99 Å². The van der Waals surface area contributed by atoms with Crippen LogP contribution in [0.5, 0.6) is 0 Å². The Labute approximate surface area is 165 Å². The minimum atomic E-state index is -0.0929. The largest absolute Gasteiger partial charge is 0.378 e. The summed E-state index contributed by atoms with van der Waals surface area (Å²) < 4.78 is 5.72. The first kappa shape index (κ1) is 22.0. The predicted octanol–water partition coefficient (Wildman–Crippen LogP) is 2.78. The lowest BCUT2D eigenvalue weighted by atomic mass is 9.56. The molecule has 6 nitrogen and oxygen atoms in total. The zero-order valence-electron chi connectivity index (χ0n) is 18.4. The molecule has 2 unspecified atom stereocenters. The van der Waals surface area contributed by atoms with Crippen LogP contribution in [0.1, 0.15) is 66.7 Å². The van der Waals surface area contributed by atoms with Crippen molar-refractivity contribution in [3.05, 3.63) is 0 Å². The summed E-state index contributed by atoms with van der Waals surface area (Å²) >= 11 is 0. The summed E-state index contributed by atoms with van der Waals surface area (Å²) in [4.78, 5) is 19.0. The third-order valence-electron chi connectivity index (χ3n) is 7.30. The number of hydrogen-bond acceptors (Lipinski definition) is 3. The van der Waals surface area contributed by atoms with Crippen LogP contribution in [0, 0.1) is 11.3 Å². The molecular formula is C21H40N4O2. The molecule has 2 rings (SSSR count). The van der Waals surface area contributed by atoms with E-state index in [2.05, 4.69) is 50.2 Å². The second kappa shape index (κ2) is 8.80. The van der Waals surface area contributed by atoms with Crippen molar-refractivity contribution in [2.24, 2.45) is 16.3 Å². The molecule has 0 radical (unpaired) electrons. The van der Waals surface area contributed by atoms with E-state index in [1.807, 2.05) is 11.9 Å². The number of piperidine rings is 1. The van der Waals surface area contributed by atoms with Crippen molar-refractivity contribution < 1.29 is 9.53 Å². The number of guanidine groups is 1. The Hall–Kier alpha value is -1.30. The van der Waals surface area contributed by atoms with Crippen LogP contribution >= 0.6 is 0 Å². The van der Waals surface area contributed by atoms with Gasteiger partial charge >= 0.3 is 0 Å². The molecule has 0 aromatic rings. The van der Waals surface area contributed by atoms with Crippen LogP contribution in [0.3, 0.4) is 0 Å². The maximum absolute atomic E-state index is 12.6. The van der Waals surface area contributed by atoms with E-state index in [-0.39, 0.29) is 16.9 Å². The molecule has 0 aromatic heterocycles. The molecule has 2 atom stereocenters. The summed E-state index contributed by atoms with van der Waals surface area (Å²) in [5.74, 6) is 1.37. The number of carbonyl (C=O) groups is 1. The molecule has 27 heavy (non-hydrogen) atoms. The normalized spacial score (nSPS) is 28.8. The van der Waals surface area contributed by atoms with Gasteiger partial charge in [-0.05, 0) is 39.0 Å². The van der Waals surface area contributed by atoms with Crippen molar-refractivity contribution in [3.63, 3.8) is 0 Å². The van der Waals surface area contributed by atoms with E-state index in [9.17, 15) is 4.79 Å². The average molecular weight is 381 g/mol. The molecule has 0 aromatic carbocycles. The van der Waals surface area contributed by atoms with Gasteiger partial charge in [-0.2, -0.15) is 0 Å². The van der Waals surface area contributed by atoms with Crippen LogP contribution in [-0.4, -0.2) is 61.7 Å². The Balaban J connectivity index is 1.83. The quantitative estimate of drug-likeness (QED) is 0.549. The second-order valence-electron chi connectivity index (χ2n) is 8.89. The fraction of sp³-hybridized carbons (Fsp3) is 0.905. The van der Waals surface area contributed by atoms with E-state index < -0.39 is 0 Å². The molecule has 1 heterocycles. The first-order valence-electron chi connectivity index (χ1n) is 10.6. The predicted molar refractivity (Wildman–Crippen MR) is 111 cm³/mol. The number of ether oxygens (including phenoxy) is 1. The van der Waals surface area contributed by atoms with Crippen LogP contribution in [0.4, 0.5) is 0 Å². The molecule has 1 aliphatic heterocycles. The average Bonchev–Trinajstić information content (AvgIpc) is 2.67. The highest BCUT2D eigenvalue weighted by Crippen LogP contribution is 2.51. The van der Waals surface area contributed by atoms with Gasteiger partial charge in [0, 0.05) is 50.7 Å². The fourth-order valence-corrected chi connectivity index (χ4v) is 4.39. The van der Waals surface area contributed by atoms with E-state index in [4.69, 9.17) is 4.74 Å². The Morgan fingerprint density at radius 2 is 1.78 bits per heavy atom. The van der Waals surface area contributed by atoms with Crippen LogP contribution in [0.25, 0.3) is 0 Å². The van der Waals surface area contributed by atoms with Crippen molar-refractivity contribution in [1.82, 2.24) is 15.5 Å². The Morgan fingerprint density at radius 3 is 2.22 bits per heavy atom. The van der Waals surface area contributed by atoms with Gasteiger partial charge in [-0.1, -0.05) is 27.7 Å². The van der Waals surface area contributed by atoms with Crippen LogP contribution in [-0.2, 0) is 9.53 Å². The standard InChI is InChI=1S/C21H40N4O2/c1-8-15(9-2)18(26)25-12-10-16(11-13-25)23-19(22-6)24-17-14-21(5,27-7)20(17,3)4/h15-17H,8-14H2,1-7H3,(H2,22,23,24). The Bertz CT molecular complexity index is 536. The van der Waals surface area contributed by atoms with Crippen molar-refractivity contribution in [3.8, 4) is 0 Å². The van der Waals surface area contributed by atoms with Gasteiger partial charge in [-0.25, -0.2) is 0 Å².